The van der Waals surface area contributed by atoms with Crippen LogP contribution in [-0.2, 0) is 9.53 Å². The van der Waals surface area contributed by atoms with E-state index in [1.54, 1.807) is 0 Å². The zero-order valence-corrected chi connectivity index (χ0v) is 11.0. The molecule has 1 aromatic carbocycles. The van der Waals surface area contributed by atoms with Gasteiger partial charge in [-0.05, 0) is 25.5 Å². The molecular weight excluding hydrogens is 230 g/mol. The first-order valence-electron chi connectivity index (χ1n) is 6.15. The van der Waals surface area contributed by atoms with Crippen LogP contribution in [-0.4, -0.2) is 31.8 Å². The Hall–Kier alpha value is -1.55. The second kappa shape index (κ2) is 5.40. The summed E-state index contributed by atoms with van der Waals surface area (Å²) in [6.07, 6.45) is 0.676. The molecule has 4 nitrogen and oxygen atoms in total. The van der Waals surface area contributed by atoms with Crippen molar-refractivity contribution in [1.29, 1.82) is 0 Å². The average Bonchev–Trinajstić information content (AvgIpc) is 2.80. The number of esters is 1. The van der Waals surface area contributed by atoms with Gasteiger partial charge in [0.2, 0.25) is 0 Å². The Morgan fingerprint density at radius 3 is 2.83 bits per heavy atom. The number of methoxy groups -OCH3 is 1. The fraction of sp³-hybridized carbons (Fsp3) is 0.500. The van der Waals surface area contributed by atoms with Crippen LogP contribution in [0.3, 0.4) is 0 Å². The van der Waals surface area contributed by atoms with E-state index in [0.717, 1.165) is 11.3 Å². The van der Waals surface area contributed by atoms with Crippen LogP contribution >= 0.6 is 0 Å². The molecule has 18 heavy (non-hydrogen) atoms. The average molecular weight is 249 g/mol. The van der Waals surface area contributed by atoms with Gasteiger partial charge in [-0.15, -0.1) is 0 Å². The van der Waals surface area contributed by atoms with Gasteiger partial charge in [0.15, 0.2) is 0 Å². The quantitative estimate of drug-likeness (QED) is 0.826. The lowest BCUT2D eigenvalue weighted by Crippen LogP contribution is -2.31. The highest BCUT2D eigenvalue weighted by atomic mass is 16.5. The van der Waals surface area contributed by atoms with E-state index in [1.807, 2.05) is 19.1 Å². The maximum absolute atomic E-state index is 11.4. The molecule has 0 radical (unpaired) electrons. The molecular formula is C14H19NO3. The normalized spacial score (nSPS) is 22.8. The Morgan fingerprint density at radius 1 is 1.39 bits per heavy atom. The van der Waals surface area contributed by atoms with Gasteiger partial charge in [0.05, 0.1) is 7.11 Å². The summed E-state index contributed by atoms with van der Waals surface area (Å²) in [5.74, 6) is 0.666. The molecule has 0 unspecified atom stereocenters. The molecule has 1 fully saturated rings. The third-order valence-corrected chi connectivity index (χ3v) is 3.20. The summed E-state index contributed by atoms with van der Waals surface area (Å²) in [6, 6.07) is 5.86. The molecule has 1 aromatic rings. The zero-order chi connectivity index (χ0) is 13.1. The van der Waals surface area contributed by atoms with Gasteiger partial charge >= 0.3 is 5.97 Å². The van der Waals surface area contributed by atoms with Crippen LogP contribution in [0.25, 0.3) is 0 Å². The van der Waals surface area contributed by atoms with Crippen molar-refractivity contribution in [3.05, 3.63) is 29.3 Å². The van der Waals surface area contributed by atoms with Crippen molar-refractivity contribution >= 4 is 5.97 Å². The summed E-state index contributed by atoms with van der Waals surface area (Å²) in [7, 11) is 1.41. The summed E-state index contributed by atoms with van der Waals surface area (Å²) in [6.45, 7) is 4.76. The number of hydrogen-bond donors (Lipinski definition) is 1. The zero-order valence-electron chi connectivity index (χ0n) is 11.0. The molecule has 98 valence electrons. The third kappa shape index (κ3) is 2.82. The second-order valence-electron chi connectivity index (χ2n) is 4.73. The van der Waals surface area contributed by atoms with Crippen LogP contribution in [0.15, 0.2) is 18.2 Å². The standard InChI is InChI=1S/C14H19NO3/c1-9-4-5-13(10(2)6-9)18-11-7-12(15-8-11)14(16)17-3/h4-6,11-12,15H,7-8H2,1-3H3/t11-,12-/m1/s1. The predicted molar refractivity (Wildman–Crippen MR) is 68.8 cm³/mol. The van der Waals surface area contributed by atoms with E-state index < -0.39 is 0 Å². The van der Waals surface area contributed by atoms with Crippen LogP contribution in [0.5, 0.6) is 5.75 Å². The number of hydrogen-bond acceptors (Lipinski definition) is 4. The third-order valence-electron chi connectivity index (χ3n) is 3.20. The molecule has 2 rings (SSSR count). The van der Waals surface area contributed by atoms with Crippen molar-refractivity contribution in [3.8, 4) is 5.75 Å². The van der Waals surface area contributed by atoms with Crippen molar-refractivity contribution in [1.82, 2.24) is 5.32 Å². The number of carbonyl (C=O) groups excluding carboxylic acids is 1. The van der Waals surface area contributed by atoms with Crippen molar-refractivity contribution < 1.29 is 14.3 Å². The monoisotopic (exact) mass is 249 g/mol. The minimum Gasteiger partial charge on any atom is -0.489 e. The van der Waals surface area contributed by atoms with E-state index in [9.17, 15) is 4.79 Å². The van der Waals surface area contributed by atoms with Gasteiger partial charge in [-0.3, -0.25) is 4.79 Å². The summed E-state index contributed by atoms with van der Waals surface area (Å²) < 4.78 is 10.6. The van der Waals surface area contributed by atoms with E-state index in [4.69, 9.17) is 9.47 Å². The lowest BCUT2D eigenvalue weighted by Gasteiger charge is -2.15. The van der Waals surface area contributed by atoms with Crippen LogP contribution in [0.4, 0.5) is 0 Å². The SMILES string of the molecule is COC(=O)[C@H]1C[C@@H](Oc2ccc(C)cc2C)CN1. The molecule has 0 aromatic heterocycles. The minimum absolute atomic E-state index is 0.0236. The van der Waals surface area contributed by atoms with Crippen LogP contribution in [0, 0.1) is 13.8 Å². The number of benzene rings is 1. The van der Waals surface area contributed by atoms with Gasteiger partial charge in [0, 0.05) is 13.0 Å². The predicted octanol–water partition coefficient (Wildman–Crippen LogP) is 1.59. The fourth-order valence-electron chi connectivity index (χ4n) is 2.23. The first kappa shape index (κ1) is 12.9. The Morgan fingerprint density at radius 2 is 2.17 bits per heavy atom. The topological polar surface area (TPSA) is 47.6 Å². The molecule has 0 aliphatic carbocycles. The van der Waals surface area contributed by atoms with E-state index in [2.05, 4.69) is 18.3 Å². The highest BCUT2D eigenvalue weighted by Crippen LogP contribution is 2.22. The summed E-state index contributed by atoms with van der Waals surface area (Å²) in [4.78, 5) is 11.4. The maximum Gasteiger partial charge on any atom is 0.323 e. The van der Waals surface area contributed by atoms with Gasteiger partial charge in [-0.1, -0.05) is 17.7 Å². The highest BCUT2D eigenvalue weighted by Gasteiger charge is 2.31. The molecule has 1 N–H and O–H groups in total. The van der Waals surface area contributed by atoms with Gasteiger partial charge < -0.3 is 14.8 Å². The molecule has 2 atom stereocenters. The molecule has 1 aliphatic rings. The maximum atomic E-state index is 11.4. The van der Waals surface area contributed by atoms with Crippen molar-refractivity contribution in [3.63, 3.8) is 0 Å². The first-order chi connectivity index (χ1) is 8.60. The van der Waals surface area contributed by atoms with E-state index in [-0.39, 0.29) is 18.1 Å². The second-order valence-corrected chi connectivity index (χ2v) is 4.73. The lowest BCUT2D eigenvalue weighted by atomic mass is 10.1. The minimum atomic E-state index is -0.245. The molecule has 1 aliphatic heterocycles. The fourth-order valence-corrected chi connectivity index (χ4v) is 2.23. The van der Waals surface area contributed by atoms with Gasteiger partial charge in [0.25, 0.3) is 0 Å². The lowest BCUT2D eigenvalue weighted by molar-refractivity contribution is -0.142. The van der Waals surface area contributed by atoms with E-state index in [0.29, 0.717) is 13.0 Å². The number of nitrogens with one attached hydrogen (secondary N) is 1. The highest BCUT2D eigenvalue weighted by molar-refractivity contribution is 5.76. The Kier molecular flexibility index (Phi) is 3.87. The Balaban J connectivity index is 1.97. The van der Waals surface area contributed by atoms with E-state index >= 15 is 0 Å². The first-order valence-corrected chi connectivity index (χ1v) is 6.15. The number of carbonyl (C=O) groups is 1. The van der Waals surface area contributed by atoms with Crippen LogP contribution < -0.4 is 10.1 Å². The van der Waals surface area contributed by atoms with Crippen LogP contribution in [0.2, 0.25) is 0 Å². The Labute approximate surface area is 107 Å². The van der Waals surface area contributed by atoms with Crippen molar-refractivity contribution in [2.24, 2.45) is 0 Å². The molecule has 0 amide bonds. The summed E-state index contributed by atoms with van der Waals surface area (Å²) in [5.41, 5.74) is 2.34. The van der Waals surface area contributed by atoms with E-state index in [1.165, 1.54) is 12.7 Å². The molecule has 4 heteroatoms. The molecule has 0 spiro atoms. The van der Waals surface area contributed by atoms with Gasteiger partial charge in [0.1, 0.15) is 17.9 Å². The number of rotatable bonds is 3. The summed E-state index contributed by atoms with van der Waals surface area (Å²) >= 11 is 0. The summed E-state index contributed by atoms with van der Waals surface area (Å²) in [5, 5.41) is 3.11. The van der Waals surface area contributed by atoms with Crippen molar-refractivity contribution in [2.45, 2.75) is 32.4 Å². The molecule has 1 heterocycles. The molecule has 0 bridgehead atoms. The smallest absolute Gasteiger partial charge is 0.323 e. The number of aryl methyl sites for hydroxylation is 2. The van der Waals surface area contributed by atoms with Crippen LogP contribution in [0.1, 0.15) is 17.5 Å². The Bertz CT molecular complexity index is 445. The van der Waals surface area contributed by atoms with Crippen molar-refractivity contribution in [2.75, 3.05) is 13.7 Å². The van der Waals surface area contributed by atoms with Gasteiger partial charge in [-0.2, -0.15) is 0 Å². The molecule has 1 saturated heterocycles. The largest absolute Gasteiger partial charge is 0.489 e. The molecule has 0 saturated carbocycles. The van der Waals surface area contributed by atoms with Gasteiger partial charge in [-0.25, -0.2) is 0 Å². The number of ether oxygens (including phenoxy) is 2.